The van der Waals surface area contributed by atoms with Crippen LogP contribution in [0.25, 0.3) is 0 Å². The minimum absolute atomic E-state index is 0.0648. The standard InChI is InChI=1S/C11H17NO2S2/c1-4-6-9(2)10(3)16(13,14)12-11-7-5-8-15-11/h4-5,7-10,12H,1,6H2,2-3H3/t9-,10-/m0/s1. The molecular formula is C11H17NO2S2. The van der Waals surface area contributed by atoms with Crippen LogP contribution in [0.4, 0.5) is 5.00 Å². The predicted octanol–water partition coefficient (Wildman–Crippen LogP) is 3.09. The molecule has 16 heavy (non-hydrogen) atoms. The van der Waals surface area contributed by atoms with Gasteiger partial charge in [0.25, 0.3) is 0 Å². The summed E-state index contributed by atoms with van der Waals surface area (Å²) >= 11 is 1.38. The van der Waals surface area contributed by atoms with Crippen LogP contribution >= 0.6 is 11.3 Å². The summed E-state index contributed by atoms with van der Waals surface area (Å²) in [5, 5.41) is 2.08. The van der Waals surface area contributed by atoms with E-state index in [1.54, 1.807) is 19.1 Å². The Balaban J connectivity index is 2.73. The van der Waals surface area contributed by atoms with E-state index in [2.05, 4.69) is 11.3 Å². The van der Waals surface area contributed by atoms with Gasteiger partial charge in [0.1, 0.15) is 5.00 Å². The fraction of sp³-hybridized carbons (Fsp3) is 0.455. The van der Waals surface area contributed by atoms with Crippen LogP contribution in [-0.2, 0) is 10.0 Å². The van der Waals surface area contributed by atoms with Gasteiger partial charge in [0, 0.05) is 0 Å². The van der Waals surface area contributed by atoms with Gasteiger partial charge in [0.05, 0.1) is 5.25 Å². The predicted molar refractivity (Wildman–Crippen MR) is 70.3 cm³/mol. The van der Waals surface area contributed by atoms with Crippen molar-refractivity contribution in [2.75, 3.05) is 4.72 Å². The number of allylic oxidation sites excluding steroid dienone is 1. The van der Waals surface area contributed by atoms with Gasteiger partial charge in [-0.05, 0) is 36.8 Å². The second-order valence-corrected chi connectivity index (χ2v) is 6.82. The molecule has 0 amide bonds. The van der Waals surface area contributed by atoms with Crippen molar-refractivity contribution in [2.24, 2.45) is 5.92 Å². The Bertz CT molecular complexity index is 423. The van der Waals surface area contributed by atoms with Crippen molar-refractivity contribution >= 4 is 26.4 Å². The highest BCUT2D eigenvalue weighted by Gasteiger charge is 2.25. The van der Waals surface area contributed by atoms with Crippen molar-refractivity contribution in [3.05, 3.63) is 30.2 Å². The van der Waals surface area contributed by atoms with Crippen molar-refractivity contribution in [3.63, 3.8) is 0 Å². The lowest BCUT2D eigenvalue weighted by Gasteiger charge is -2.19. The largest absolute Gasteiger partial charge is 0.274 e. The maximum absolute atomic E-state index is 12.0. The molecule has 1 aromatic heterocycles. The monoisotopic (exact) mass is 259 g/mol. The van der Waals surface area contributed by atoms with Crippen LogP contribution in [-0.4, -0.2) is 13.7 Å². The van der Waals surface area contributed by atoms with Crippen LogP contribution < -0.4 is 4.72 Å². The lowest BCUT2D eigenvalue weighted by molar-refractivity contribution is 0.529. The third-order valence-corrected chi connectivity index (χ3v) is 5.46. The highest BCUT2D eigenvalue weighted by molar-refractivity contribution is 7.93. The lowest BCUT2D eigenvalue weighted by atomic mass is 10.1. The molecule has 0 saturated carbocycles. The molecule has 0 saturated heterocycles. The van der Waals surface area contributed by atoms with Crippen LogP contribution in [0.1, 0.15) is 20.3 Å². The summed E-state index contributed by atoms with van der Waals surface area (Å²) in [5.41, 5.74) is 0. The summed E-state index contributed by atoms with van der Waals surface area (Å²) < 4.78 is 26.5. The normalized spacial score (nSPS) is 15.4. The van der Waals surface area contributed by atoms with Gasteiger partial charge in [-0.3, -0.25) is 4.72 Å². The number of hydrogen-bond donors (Lipinski definition) is 1. The smallest absolute Gasteiger partial charge is 0.236 e. The molecule has 0 aromatic carbocycles. The Kier molecular flexibility index (Phi) is 4.56. The third-order valence-electron chi connectivity index (χ3n) is 2.59. The van der Waals surface area contributed by atoms with E-state index < -0.39 is 15.3 Å². The SMILES string of the molecule is C=CC[C@H](C)[C@H](C)S(=O)(=O)Nc1cccs1. The van der Waals surface area contributed by atoms with E-state index >= 15 is 0 Å². The Hall–Kier alpha value is -0.810. The van der Waals surface area contributed by atoms with Gasteiger partial charge in [-0.2, -0.15) is 0 Å². The van der Waals surface area contributed by atoms with Crippen LogP contribution in [0.3, 0.4) is 0 Å². The number of sulfonamides is 1. The fourth-order valence-electron chi connectivity index (χ4n) is 1.33. The summed E-state index contributed by atoms with van der Waals surface area (Å²) in [6.45, 7) is 7.27. The number of anilines is 1. The van der Waals surface area contributed by atoms with Gasteiger partial charge in [0.15, 0.2) is 0 Å². The van der Waals surface area contributed by atoms with Crippen LogP contribution in [0.15, 0.2) is 30.2 Å². The molecule has 3 nitrogen and oxygen atoms in total. The quantitative estimate of drug-likeness (QED) is 0.798. The summed E-state index contributed by atoms with van der Waals surface area (Å²) in [6, 6.07) is 3.58. The molecule has 0 fully saturated rings. The van der Waals surface area contributed by atoms with E-state index in [4.69, 9.17) is 0 Å². The lowest BCUT2D eigenvalue weighted by Crippen LogP contribution is -2.30. The van der Waals surface area contributed by atoms with E-state index in [-0.39, 0.29) is 5.92 Å². The molecule has 1 aromatic rings. The summed E-state index contributed by atoms with van der Waals surface area (Å²) in [5.74, 6) is 0.0648. The second-order valence-electron chi connectivity index (χ2n) is 3.83. The van der Waals surface area contributed by atoms with Crippen LogP contribution in [0.2, 0.25) is 0 Å². The van der Waals surface area contributed by atoms with Gasteiger partial charge < -0.3 is 0 Å². The maximum atomic E-state index is 12.0. The van der Waals surface area contributed by atoms with Crippen molar-refractivity contribution in [1.82, 2.24) is 0 Å². The van der Waals surface area contributed by atoms with Gasteiger partial charge >= 0.3 is 0 Å². The van der Waals surface area contributed by atoms with Crippen LogP contribution in [0, 0.1) is 5.92 Å². The van der Waals surface area contributed by atoms with Gasteiger partial charge in [0.2, 0.25) is 10.0 Å². The Morgan fingerprint density at radius 1 is 1.56 bits per heavy atom. The van der Waals surface area contributed by atoms with E-state index in [1.165, 1.54) is 11.3 Å². The highest BCUT2D eigenvalue weighted by atomic mass is 32.2. The minimum Gasteiger partial charge on any atom is -0.274 e. The zero-order valence-corrected chi connectivity index (χ0v) is 11.1. The van der Waals surface area contributed by atoms with Crippen LogP contribution in [0.5, 0.6) is 0 Å². The molecule has 1 rings (SSSR count). The van der Waals surface area contributed by atoms with Crippen molar-refractivity contribution in [3.8, 4) is 0 Å². The first kappa shape index (κ1) is 13.3. The second kappa shape index (κ2) is 5.50. The molecule has 0 unspecified atom stereocenters. The molecule has 0 spiro atoms. The zero-order chi connectivity index (χ0) is 12.2. The molecular weight excluding hydrogens is 242 g/mol. The fourth-order valence-corrected chi connectivity index (χ4v) is 3.59. The number of nitrogens with one attached hydrogen (secondary N) is 1. The molecule has 1 heterocycles. The highest BCUT2D eigenvalue weighted by Crippen LogP contribution is 2.22. The Morgan fingerprint density at radius 3 is 2.75 bits per heavy atom. The summed E-state index contributed by atoms with van der Waals surface area (Å²) in [7, 11) is -3.29. The summed E-state index contributed by atoms with van der Waals surface area (Å²) in [6.07, 6.45) is 2.45. The molecule has 0 aliphatic heterocycles. The first-order valence-electron chi connectivity index (χ1n) is 5.13. The van der Waals surface area contributed by atoms with Crippen molar-refractivity contribution in [1.29, 1.82) is 0 Å². The number of hydrogen-bond acceptors (Lipinski definition) is 3. The topological polar surface area (TPSA) is 46.2 Å². The molecule has 0 radical (unpaired) electrons. The third kappa shape index (κ3) is 3.35. The summed E-state index contributed by atoms with van der Waals surface area (Å²) in [4.78, 5) is 0. The molecule has 5 heteroatoms. The van der Waals surface area contributed by atoms with E-state index in [0.717, 1.165) is 0 Å². The van der Waals surface area contributed by atoms with E-state index in [0.29, 0.717) is 11.4 Å². The molecule has 0 aliphatic carbocycles. The molecule has 1 N–H and O–H groups in total. The van der Waals surface area contributed by atoms with Crippen molar-refractivity contribution in [2.45, 2.75) is 25.5 Å². The van der Waals surface area contributed by atoms with Crippen molar-refractivity contribution < 1.29 is 8.42 Å². The van der Waals surface area contributed by atoms with E-state index in [1.807, 2.05) is 18.4 Å². The molecule has 90 valence electrons. The first-order chi connectivity index (χ1) is 7.47. The minimum atomic E-state index is -3.29. The first-order valence-corrected chi connectivity index (χ1v) is 7.56. The Labute approximate surface area is 101 Å². The van der Waals surface area contributed by atoms with E-state index in [9.17, 15) is 8.42 Å². The molecule has 0 aliphatic rings. The molecule has 2 atom stereocenters. The molecule has 0 bridgehead atoms. The zero-order valence-electron chi connectivity index (χ0n) is 9.51. The van der Waals surface area contributed by atoms with Gasteiger partial charge in [-0.1, -0.05) is 13.0 Å². The maximum Gasteiger partial charge on any atom is 0.236 e. The average molecular weight is 259 g/mol. The number of thiophene rings is 1. The Morgan fingerprint density at radius 2 is 2.25 bits per heavy atom. The average Bonchev–Trinajstić information content (AvgIpc) is 2.68. The van der Waals surface area contributed by atoms with Gasteiger partial charge in [-0.25, -0.2) is 8.42 Å². The number of rotatable bonds is 6. The van der Waals surface area contributed by atoms with Gasteiger partial charge in [-0.15, -0.1) is 17.9 Å².